The number of anilines is 1. The molecule has 2 rings (SSSR count). The summed E-state index contributed by atoms with van der Waals surface area (Å²) in [7, 11) is 2.00. The van der Waals surface area contributed by atoms with Crippen LogP contribution in [-0.4, -0.2) is 12.0 Å². The number of rotatable bonds is 4. The minimum atomic E-state index is 0.482. The second-order valence-corrected chi connectivity index (χ2v) is 4.99. The number of nitrogens with zero attached hydrogens (tertiary/aromatic N) is 2. The molecule has 0 radical (unpaired) electrons. The molecule has 3 nitrogen and oxygen atoms in total. The van der Waals surface area contributed by atoms with E-state index < -0.39 is 0 Å². The van der Waals surface area contributed by atoms with Crippen LogP contribution in [0.1, 0.15) is 16.8 Å². The molecule has 0 aliphatic carbocycles. The van der Waals surface area contributed by atoms with Crippen molar-refractivity contribution < 1.29 is 0 Å². The summed E-state index contributed by atoms with van der Waals surface area (Å²) in [5, 5.41) is 0.774. The van der Waals surface area contributed by atoms with E-state index in [-0.39, 0.29) is 0 Å². The van der Waals surface area contributed by atoms with Crippen LogP contribution < -0.4 is 10.6 Å². The van der Waals surface area contributed by atoms with Crippen molar-refractivity contribution in [1.29, 1.82) is 0 Å². The number of nitrogens with two attached hydrogens (primary N) is 1. The topological polar surface area (TPSA) is 42.1 Å². The van der Waals surface area contributed by atoms with Crippen LogP contribution in [0.3, 0.4) is 0 Å². The SMILES string of the molecule is Cc1ccc(CN)c(N(C)Cc2ccccc2Cl)n1. The summed E-state index contributed by atoms with van der Waals surface area (Å²) in [4.78, 5) is 6.65. The van der Waals surface area contributed by atoms with Gasteiger partial charge in [-0.1, -0.05) is 35.9 Å². The maximum absolute atomic E-state index is 6.19. The lowest BCUT2D eigenvalue weighted by Crippen LogP contribution is -2.20. The zero-order chi connectivity index (χ0) is 13.8. The highest BCUT2D eigenvalue weighted by atomic mass is 35.5. The molecule has 0 aliphatic rings. The van der Waals surface area contributed by atoms with E-state index in [1.54, 1.807) is 0 Å². The number of hydrogen-bond acceptors (Lipinski definition) is 3. The van der Waals surface area contributed by atoms with E-state index in [2.05, 4.69) is 9.88 Å². The highest BCUT2D eigenvalue weighted by Gasteiger charge is 2.10. The monoisotopic (exact) mass is 275 g/mol. The van der Waals surface area contributed by atoms with Crippen molar-refractivity contribution in [2.45, 2.75) is 20.0 Å². The van der Waals surface area contributed by atoms with Gasteiger partial charge >= 0.3 is 0 Å². The first kappa shape index (κ1) is 13.8. The first-order valence-corrected chi connectivity index (χ1v) is 6.60. The highest BCUT2D eigenvalue weighted by Crippen LogP contribution is 2.22. The van der Waals surface area contributed by atoms with Crippen molar-refractivity contribution in [2.75, 3.05) is 11.9 Å². The van der Waals surface area contributed by atoms with Gasteiger partial charge < -0.3 is 10.6 Å². The lowest BCUT2D eigenvalue weighted by atomic mass is 10.2. The van der Waals surface area contributed by atoms with Crippen molar-refractivity contribution in [3.05, 3.63) is 58.2 Å². The molecule has 0 unspecified atom stereocenters. The van der Waals surface area contributed by atoms with Gasteiger partial charge in [0.15, 0.2) is 0 Å². The van der Waals surface area contributed by atoms with E-state index in [9.17, 15) is 0 Å². The molecule has 0 saturated carbocycles. The van der Waals surface area contributed by atoms with Crippen molar-refractivity contribution >= 4 is 17.4 Å². The lowest BCUT2D eigenvalue weighted by Gasteiger charge is -2.22. The predicted molar refractivity (Wildman–Crippen MR) is 80.4 cm³/mol. The van der Waals surface area contributed by atoms with Crippen LogP contribution in [0, 0.1) is 6.92 Å². The van der Waals surface area contributed by atoms with Gasteiger partial charge in [0.25, 0.3) is 0 Å². The molecule has 19 heavy (non-hydrogen) atoms. The summed E-state index contributed by atoms with van der Waals surface area (Å²) in [5.74, 6) is 0.919. The Bertz CT molecular complexity index is 569. The van der Waals surface area contributed by atoms with Gasteiger partial charge in [-0.05, 0) is 24.6 Å². The van der Waals surface area contributed by atoms with Gasteiger partial charge in [0, 0.05) is 36.4 Å². The van der Waals surface area contributed by atoms with Gasteiger partial charge in [0.2, 0.25) is 0 Å². The van der Waals surface area contributed by atoms with Crippen LogP contribution in [0.15, 0.2) is 36.4 Å². The zero-order valence-electron chi connectivity index (χ0n) is 11.2. The van der Waals surface area contributed by atoms with Gasteiger partial charge in [0.05, 0.1) is 0 Å². The summed E-state index contributed by atoms with van der Waals surface area (Å²) in [6.07, 6.45) is 0. The van der Waals surface area contributed by atoms with Crippen LogP contribution in [0.5, 0.6) is 0 Å². The molecule has 100 valence electrons. The van der Waals surface area contributed by atoms with Crippen LogP contribution in [-0.2, 0) is 13.1 Å². The summed E-state index contributed by atoms with van der Waals surface area (Å²) in [5.41, 5.74) is 8.88. The second kappa shape index (κ2) is 6.04. The average molecular weight is 276 g/mol. The van der Waals surface area contributed by atoms with E-state index in [4.69, 9.17) is 17.3 Å². The molecule has 2 aromatic rings. The summed E-state index contributed by atoms with van der Waals surface area (Å²) < 4.78 is 0. The summed E-state index contributed by atoms with van der Waals surface area (Å²) in [6.45, 7) is 3.17. The maximum atomic E-state index is 6.19. The molecule has 1 aromatic carbocycles. The normalized spacial score (nSPS) is 10.5. The summed E-state index contributed by atoms with van der Waals surface area (Å²) >= 11 is 6.19. The second-order valence-electron chi connectivity index (χ2n) is 4.59. The van der Waals surface area contributed by atoms with Crippen molar-refractivity contribution in [2.24, 2.45) is 5.73 Å². The quantitative estimate of drug-likeness (QED) is 0.932. The van der Waals surface area contributed by atoms with Gasteiger partial charge in [-0.15, -0.1) is 0 Å². The number of pyridine rings is 1. The van der Waals surface area contributed by atoms with E-state index in [1.165, 1.54) is 0 Å². The third-order valence-corrected chi connectivity index (χ3v) is 3.41. The highest BCUT2D eigenvalue weighted by molar-refractivity contribution is 6.31. The van der Waals surface area contributed by atoms with E-state index in [1.807, 2.05) is 50.4 Å². The minimum absolute atomic E-state index is 0.482. The number of hydrogen-bond donors (Lipinski definition) is 1. The molecule has 0 spiro atoms. The molecule has 0 atom stereocenters. The lowest BCUT2D eigenvalue weighted by molar-refractivity contribution is 0.870. The van der Waals surface area contributed by atoms with Gasteiger partial charge in [-0.2, -0.15) is 0 Å². The Labute approximate surface area is 119 Å². The Morgan fingerprint density at radius 3 is 2.58 bits per heavy atom. The first-order chi connectivity index (χ1) is 9.11. The molecule has 0 fully saturated rings. The standard InChI is InChI=1S/C15H18ClN3/c1-11-7-8-12(9-17)15(18-11)19(2)10-13-5-3-4-6-14(13)16/h3-8H,9-10,17H2,1-2H3. The van der Waals surface area contributed by atoms with E-state index in [0.717, 1.165) is 27.7 Å². The first-order valence-electron chi connectivity index (χ1n) is 6.23. The van der Waals surface area contributed by atoms with Crippen LogP contribution in [0.25, 0.3) is 0 Å². The van der Waals surface area contributed by atoms with Crippen molar-refractivity contribution in [3.8, 4) is 0 Å². The van der Waals surface area contributed by atoms with Gasteiger partial charge in [0.1, 0.15) is 5.82 Å². The molecule has 0 saturated heterocycles. The molecule has 1 heterocycles. The molecular weight excluding hydrogens is 258 g/mol. The minimum Gasteiger partial charge on any atom is -0.355 e. The van der Waals surface area contributed by atoms with Gasteiger partial charge in [-0.25, -0.2) is 4.98 Å². The van der Waals surface area contributed by atoms with E-state index in [0.29, 0.717) is 13.1 Å². The fourth-order valence-corrected chi connectivity index (χ4v) is 2.21. The molecule has 0 aliphatic heterocycles. The Morgan fingerprint density at radius 1 is 1.16 bits per heavy atom. The third-order valence-electron chi connectivity index (χ3n) is 3.04. The maximum Gasteiger partial charge on any atom is 0.133 e. The fourth-order valence-electron chi connectivity index (χ4n) is 2.02. The van der Waals surface area contributed by atoms with E-state index >= 15 is 0 Å². The Balaban J connectivity index is 2.27. The number of benzene rings is 1. The zero-order valence-corrected chi connectivity index (χ0v) is 12.0. The average Bonchev–Trinajstić information content (AvgIpc) is 2.41. The number of aromatic nitrogens is 1. The Morgan fingerprint density at radius 2 is 1.89 bits per heavy atom. The molecule has 4 heteroatoms. The molecule has 0 amide bonds. The van der Waals surface area contributed by atoms with Gasteiger partial charge in [-0.3, -0.25) is 0 Å². The van der Waals surface area contributed by atoms with Crippen LogP contribution >= 0.6 is 11.6 Å². The smallest absolute Gasteiger partial charge is 0.133 e. The Hall–Kier alpha value is -1.58. The molecule has 2 N–H and O–H groups in total. The van der Waals surface area contributed by atoms with Crippen LogP contribution in [0.4, 0.5) is 5.82 Å². The summed E-state index contributed by atoms with van der Waals surface area (Å²) in [6, 6.07) is 11.9. The fraction of sp³-hybridized carbons (Fsp3) is 0.267. The Kier molecular flexibility index (Phi) is 4.40. The molecule has 0 bridgehead atoms. The third kappa shape index (κ3) is 3.25. The molecular formula is C15H18ClN3. The largest absolute Gasteiger partial charge is 0.355 e. The number of halogens is 1. The van der Waals surface area contributed by atoms with Crippen molar-refractivity contribution in [1.82, 2.24) is 4.98 Å². The van der Waals surface area contributed by atoms with Crippen molar-refractivity contribution in [3.63, 3.8) is 0 Å². The predicted octanol–water partition coefficient (Wildman–Crippen LogP) is 3.14. The number of aryl methyl sites for hydroxylation is 1. The van der Waals surface area contributed by atoms with Crippen LogP contribution in [0.2, 0.25) is 5.02 Å². The molecule has 1 aromatic heterocycles.